The summed E-state index contributed by atoms with van der Waals surface area (Å²) in [5.74, 6) is -1.01. The van der Waals surface area contributed by atoms with Crippen LogP contribution in [0.2, 0.25) is 0 Å². The van der Waals surface area contributed by atoms with Crippen molar-refractivity contribution in [1.29, 1.82) is 0 Å². The maximum Gasteiger partial charge on any atom is 0.320 e. The molecule has 0 aliphatic carbocycles. The number of amides is 1. The Labute approximate surface area is 147 Å². The number of carboxylic acid groups (broad SMARTS) is 1. The molecular formula is C19H23N3O3. The van der Waals surface area contributed by atoms with Gasteiger partial charge in [0.05, 0.1) is 0 Å². The van der Waals surface area contributed by atoms with E-state index in [1.54, 1.807) is 11.9 Å². The minimum atomic E-state index is -0.847. The minimum Gasteiger partial charge on any atom is -0.480 e. The van der Waals surface area contributed by atoms with E-state index in [1.807, 2.05) is 55.4 Å². The van der Waals surface area contributed by atoms with Gasteiger partial charge in [-0.1, -0.05) is 24.3 Å². The highest BCUT2D eigenvalue weighted by Crippen LogP contribution is 2.28. The number of likely N-dealkylation sites (N-methyl/N-ethyl adjacent to an activating group) is 1. The first-order valence-electron chi connectivity index (χ1n) is 8.31. The van der Waals surface area contributed by atoms with E-state index >= 15 is 0 Å². The molecule has 0 saturated carbocycles. The van der Waals surface area contributed by atoms with Gasteiger partial charge in [0.1, 0.15) is 6.04 Å². The van der Waals surface area contributed by atoms with Crippen LogP contribution >= 0.6 is 0 Å². The van der Waals surface area contributed by atoms with Crippen molar-refractivity contribution in [3.63, 3.8) is 0 Å². The molecule has 25 heavy (non-hydrogen) atoms. The largest absolute Gasteiger partial charge is 0.480 e. The summed E-state index contributed by atoms with van der Waals surface area (Å²) in [6.45, 7) is 0.538. The molecule has 0 bridgehead atoms. The number of hydrogen-bond donors (Lipinski definition) is 2. The lowest BCUT2D eigenvalue weighted by atomic mass is 10.0. The third-order valence-corrected chi connectivity index (χ3v) is 4.80. The highest BCUT2D eigenvalue weighted by molar-refractivity contribution is 6.10. The predicted molar refractivity (Wildman–Crippen MR) is 98.2 cm³/mol. The topological polar surface area (TPSA) is 72.9 Å². The van der Waals surface area contributed by atoms with Crippen molar-refractivity contribution >= 4 is 28.3 Å². The van der Waals surface area contributed by atoms with Crippen LogP contribution in [0.3, 0.4) is 0 Å². The molecule has 6 nitrogen and oxygen atoms in total. The molecular weight excluding hydrogens is 318 g/mol. The lowest BCUT2D eigenvalue weighted by Gasteiger charge is -2.18. The number of carboxylic acids is 1. The molecule has 1 aliphatic rings. The van der Waals surface area contributed by atoms with Gasteiger partial charge in [-0.05, 0) is 31.0 Å². The molecule has 1 aliphatic heterocycles. The molecule has 6 heteroatoms. The number of carbonyl (C=O) groups excluding carboxylic acids is 1. The Bertz CT molecular complexity index is 819. The number of hydrogen-bond acceptors (Lipinski definition) is 4. The molecule has 2 aromatic carbocycles. The lowest BCUT2D eigenvalue weighted by molar-refractivity contribution is -0.141. The second kappa shape index (κ2) is 6.72. The molecule has 2 atom stereocenters. The summed E-state index contributed by atoms with van der Waals surface area (Å²) in [6.07, 6.45) is 0.422. The number of benzene rings is 2. The van der Waals surface area contributed by atoms with E-state index in [0.29, 0.717) is 18.5 Å². The number of nitrogens with zero attached hydrogens (tertiary/aromatic N) is 2. The number of aliphatic carboxylic acids is 1. The molecule has 2 N–H and O–H groups in total. The van der Waals surface area contributed by atoms with Crippen LogP contribution in [0.25, 0.3) is 10.8 Å². The van der Waals surface area contributed by atoms with Gasteiger partial charge in [-0.2, -0.15) is 0 Å². The first kappa shape index (κ1) is 17.2. The van der Waals surface area contributed by atoms with Crippen LogP contribution in [0.4, 0.5) is 5.69 Å². The molecule has 2 unspecified atom stereocenters. The van der Waals surface area contributed by atoms with Crippen LogP contribution in [0.15, 0.2) is 36.4 Å². The first-order chi connectivity index (χ1) is 11.9. The Kier molecular flexibility index (Phi) is 4.63. The number of likely N-dealkylation sites (tertiary alicyclic amines) is 1. The van der Waals surface area contributed by atoms with Crippen LogP contribution in [0, 0.1) is 0 Å². The van der Waals surface area contributed by atoms with E-state index in [2.05, 4.69) is 5.32 Å². The van der Waals surface area contributed by atoms with Gasteiger partial charge in [0.25, 0.3) is 5.91 Å². The van der Waals surface area contributed by atoms with Crippen LogP contribution in [0.1, 0.15) is 16.8 Å². The zero-order valence-electron chi connectivity index (χ0n) is 14.7. The molecule has 0 aromatic heterocycles. The predicted octanol–water partition coefficient (Wildman–Crippen LogP) is 1.79. The second-order valence-electron chi connectivity index (χ2n) is 6.77. The summed E-state index contributed by atoms with van der Waals surface area (Å²) in [4.78, 5) is 27.8. The average Bonchev–Trinajstić information content (AvgIpc) is 2.94. The smallest absolute Gasteiger partial charge is 0.320 e. The molecule has 0 spiro atoms. The fourth-order valence-corrected chi connectivity index (χ4v) is 3.53. The maximum absolute atomic E-state index is 12.8. The number of carbonyl (C=O) groups is 2. The van der Waals surface area contributed by atoms with Crippen molar-refractivity contribution in [1.82, 2.24) is 10.2 Å². The summed E-state index contributed by atoms with van der Waals surface area (Å²) < 4.78 is 0. The van der Waals surface area contributed by atoms with Crippen molar-refractivity contribution in [3.8, 4) is 0 Å². The zero-order chi connectivity index (χ0) is 18.1. The van der Waals surface area contributed by atoms with E-state index < -0.39 is 12.0 Å². The van der Waals surface area contributed by atoms with Gasteiger partial charge in [0.2, 0.25) is 0 Å². The fraction of sp³-hybridized carbons (Fsp3) is 0.368. The van der Waals surface area contributed by atoms with Crippen molar-refractivity contribution in [2.75, 3.05) is 32.6 Å². The van der Waals surface area contributed by atoms with Crippen molar-refractivity contribution in [2.24, 2.45) is 0 Å². The second-order valence-corrected chi connectivity index (χ2v) is 6.77. The Morgan fingerprint density at radius 1 is 1.16 bits per heavy atom. The van der Waals surface area contributed by atoms with E-state index in [4.69, 9.17) is 0 Å². The van der Waals surface area contributed by atoms with Crippen LogP contribution in [0.5, 0.6) is 0 Å². The third-order valence-electron chi connectivity index (χ3n) is 4.80. The zero-order valence-corrected chi connectivity index (χ0v) is 14.7. The number of nitrogens with one attached hydrogen (secondary N) is 1. The molecule has 1 saturated heterocycles. The Morgan fingerprint density at radius 3 is 2.44 bits per heavy atom. The van der Waals surface area contributed by atoms with Gasteiger partial charge in [0.15, 0.2) is 0 Å². The van der Waals surface area contributed by atoms with E-state index in [9.17, 15) is 14.7 Å². The molecule has 1 heterocycles. The fourth-order valence-electron chi connectivity index (χ4n) is 3.53. The Morgan fingerprint density at radius 2 is 1.84 bits per heavy atom. The normalized spacial score (nSPS) is 20.6. The maximum atomic E-state index is 12.8. The number of rotatable bonds is 4. The molecule has 0 radical (unpaired) electrons. The summed E-state index contributed by atoms with van der Waals surface area (Å²) in [5.41, 5.74) is 1.67. The van der Waals surface area contributed by atoms with Gasteiger partial charge in [-0.15, -0.1) is 0 Å². The lowest BCUT2D eigenvalue weighted by Crippen LogP contribution is -2.36. The summed E-state index contributed by atoms with van der Waals surface area (Å²) in [6, 6.07) is 10.9. The van der Waals surface area contributed by atoms with E-state index in [-0.39, 0.29) is 11.9 Å². The number of anilines is 1. The minimum absolute atomic E-state index is 0.161. The Hall–Kier alpha value is -2.60. The summed E-state index contributed by atoms with van der Waals surface area (Å²) >= 11 is 0. The molecule has 1 fully saturated rings. The van der Waals surface area contributed by atoms with E-state index in [1.165, 1.54) is 0 Å². The monoisotopic (exact) mass is 341 g/mol. The molecule has 1 amide bonds. The third kappa shape index (κ3) is 3.30. The van der Waals surface area contributed by atoms with Gasteiger partial charge in [-0.3, -0.25) is 14.5 Å². The first-order valence-corrected chi connectivity index (χ1v) is 8.31. The van der Waals surface area contributed by atoms with E-state index in [0.717, 1.165) is 16.5 Å². The molecule has 3 rings (SSSR count). The standard InChI is InChI=1S/C19H23N3O3/c1-21(2)16-9-8-15(13-6-4-5-7-14(13)16)18(23)20-12-10-17(19(24)25)22(3)11-12/h4-9,12,17H,10-11H2,1-3H3,(H,20,23)(H,24,25). The highest BCUT2D eigenvalue weighted by Gasteiger charge is 2.35. The quantitative estimate of drug-likeness (QED) is 0.887. The van der Waals surface area contributed by atoms with Crippen LogP contribution in [-0.4, -0.2) is 61.7 Å². The highest BCUT2D eigenvalue weighted by atomic mass is 16.4. The van der Waals surface area contributed by atoms with Crippen molar-refractivity contribution in [3.05, 3.63) is 42.0 Å². The molecule has 2 aromatic rings. The Balaban J connectivity index is 1.86. The summed E-state index contributed by atoms with van der Waals surface area (Å²) in [5, 5.41) is 14.1. The van der Waals surface area contributed by atoms with Crippen LogP contribution < -0.4 is 10.2 Å². The van der Waals surface area contributed by atoms with Gasteiger partial charge in [-0.25, -0.2) is 0 Å². The SMILES string of the molecule is CN(C)c1ccc(C(=O)NC2CC(C(=O)O)N(C)C2)c2ccccc12. The van der Waals surface area contributed by atoms with Gasteiger partial charge < -0.3 is 15.3 Å². The van der Waals surface area contributed by atoms with Gasteiger partial charge >= 0.3 is 5.97 Å². The van der Waals surface area contributed by atoms with Crippen molar-refractivity contribution in [2.45, 2.75) is 18.5 Å². The van der Waals surface area contributed by atoms with Gasteiger partial charge in [0, 0.05) is 43.3 Å². The van der Waals surface area contributed by atoms with Crippen molar-refractivity contribution < 1.29 is 14.7 Å². The number of fused-ring (bicyclic) bond motifs is 1. The average molecular weight is 341 g/mol. The molecule has 132 valence electrons. The summed E-state index contributed by atoms with van der Waals surface area (Å²) in [7, 11) is 5.72. The van der Waals surface area contributed by atoms with Crippen LogP contribution in [-0.2, 0) is 4.79 Å².